The van der Waals surface area contributed by atoms with Gasteiger partial charge in [-0.2, -0.15) is 0 Å². The van der Waals surface area contributed by atoms with Gasteiger partial charge in [-0.1, -0.05) is 6.42 Å². The number of likely N-dealkylation sites (tertiary alicyclic amines) is 1. The summed E-state index contributed by atoms with van der Waals surface area (Å²) in [6.45, 7) is 3.44. The minimum atomic E-state index is -0.405. The van der Waals surface area contributed by atoms with Crippen LogP contribution in [0.4, 0.5) is 0 Å². The molecule has 3 unspecified atom stereocenters. The molecule has 1 heterocycles. The highest BCUT2D eigenvalue weighted by Gasteiger charge is 2.26. The second kappa shape index (κ2) is 7.07. The maximum atomic E-state index is 12.1. The van der Waals surface area contributed by atoms with Gasteiger partial charge in [0.2, 0.25) is 11.8 Å². The fraction of sp³-hybridized carbons (Fsp3) is 0.867. The summed E-state index contributed by atoms with van der Waals surface area (Å²) in [7, 11) is 0. The van der Waals surface area contributed by atoms with E-state index in [1.165, 1.54) is 0 Å². The number of carbonyl (C=O) groups excluding carboxylic acids is 2. The lowest BCUT2D eigenvalue weighted by Crippen LogP contribution is -2.46. The quantitative estimate of drug-likeness (QED) is 0.808. The second-order valence-corrected chi connectivity index (χ2v) is 6.32. The van der Waals surface area contributed by atoms with Crippen molar-refractivity contribution in [2.24, 2.45) is 11.7 Å². The molecule has 1 saturated heterocycles. The van der Waals surface area contributed by atoms with Crippen molar-refractivity contribution in [3.05, 3.63) is 0 Å². The molecule has 1 aliphatic heterocycles. The summed E-state index contributed by atoms with van der Waals surface area (Å²) in [5, 5.41) is 2.85. The summed E-state index contributed by atoms with van der Waals surface area (Å²) in [6, 6.07) is -0.164. The van der Waals surface area contributed by atoms with Crippen LogP contribution in [0.1, 0.15) is 51.9 Å². The Morgan fingerprint density at radius 2 is 1.95 bits per heavy atom. The summed E-state index contributed by atoms with van der Waals surface area (Å²) in [5.74, 6) is 0.424. The monoisotopic (exact) mass is 281 g/mol. The Bertz CT molecular complexity index is 353. The highest BCUT2D eigenvalue weighted by molar-refractivity contribution is 5.87. The van der Waals surface area contributed by atoms with Crippen LogP contribution >= 0.6 is 0 Å². The third kappa shape index (κ3) is 4.20. The van der Waals surface area contributed by atoms with E-state index in [4.69, 9.17) is 5.73 Å². The van der Waals surface area contributed by atoms with E-state index in [1.807, 2.05) is 4.90 Å². The lowest BCUT2D eigenvalue weighted by molar-refractivity contribution is -0.135. The van der Waals surface area contributed by atoms with Crippen LogP contribution in [0, 0.1) is 5.92 Å². The summed E-state index contributed by atoms with van der Waals surface area (Å²) >= 11 is 0. The van der Waals surface area contributed by atoms with E-state index in [0.717, 1.165) is 51.6 Å². The lowest BCUT2D eigenvalue weighted by Gasteiger charge is -2.27. The molecule has 0 aromatic carbocycles. The molecule has 2 rings (SSSR count). The van der Waals surface area contributed by atoms with Crippen molar-refractivity contribution in [1.82, 2.24) is 10.2 Å². The fourth-order valence-corrected chi connectivity index (χ4v) is 3.35. The molecule has 0 spiro atoms. The van der Waals surface area contributed by atoms with Crippen molar-refractivity contribution >= 4 is 11.8 Å². The number of amides is 2. The maximum Gasteiger partial charge on any atom is 0.244 e. The molecular formula is C15H27N3O2. The largest absolute Gasteiger partial charge is 0.345 e. The summed E-state index contributed by atoms with van der Waals surface area (Å²) < 4.78 is 0. The predicted octanol–water partition coefficient (Wildman–Crippen LogP) is 1.02. The van der Waals surface area contributed by atoms with Gasteiger partial charge in [0.15, 0.2) is 0 Å². The molecule has 20 heavy (non-hydrogen) atoms. The first-order chi connectivity index (χ1) is 9.56. The zero-order chi connectivity index (χ0) is 14.5. The average molecular weight is 281 g/mol. The molecule has 1 saturated carbocycles. The molecule has 3 N–H and O–H groups in total. The van der Waals surface area contributed by atoms with E-state index in [9.17, 15) is 9.59 Å². The molecule has 3 atom stereocenters. The maximum absolute atomic E-state index is 12.1. The number of nitrogens with one attached hydrogen (secondary N) is 1. The number of hydrogen-bond donors (Lipinski definition) is 2. The van der Waals surface area contributed by atoms with Crippen molar-refractivity contribution in [1.29, 1.82) is 0 Å². The number of nitrogens with zero attached hydrogens (tertiary/aromatic N) is 1. The Morgan fingerprint density at radius 3 is 2.60 bits per heavy atom. The Kier molecular flexibility index (Phi) is 5.40. The molecule has 0 bridgehead atoms. The van der Waals surface area contributed by atoms with Gasteiger partial charge in [0, 0.05) is 25.6 Å². The van der Waals surface area contributed by atoms with Gasteiger partial charge in [-0.15, -0.1) is 0 Å². The van der Waals surface area contributed by atoms with Gasteiger partial charge in [-0.25, -0.2) is 0 Å². The smallest absolute Gasteiger partial charge is 0.244 e. The average Bonchev–Trinajstić information content (AvgIpc) is 2.91. The van der Waals surface area contributed by atoms with Crippen LogP contribution in [0.3, 0.4) is 0 Å². The molecule has 0 radical (unpaired) electrons. The topological polar surface area (TPSA) is 75.4 Å². The van der Waals surface area contributed by atoms with Crippen LogP contribution in [0.2, 0.25) is 0 Å². The van der Waals surface area contributed by atoms with Gasteiger partial charge in [0.05, 0.1) is 0 Å². The second-order valence-electron chi connectivity index (χ2n) is 6.32. The van der Waals surface area contributed by atoms with Gasteiger partial charge < -0.3 is 16.0 Å². The summed E-state index contributed by atoms with van der Waals surface area (Å²) in [4.78, 5) is 26.0. The first-order valence-electron chi connectivity index (χ1n) is 7.90. The fourth-order valence-electron chi connectivity index (χ4n) is 3.35. The van der Waals surface area contributed by atoms with E-state index in [1.54, 1.807) is 6.92 Å². The van der Waals surface area contributed by atoms with Crippen LogP contribution < -0.4 is 11.1 Å². The van der Waals surface area contributed by atoms with E-state index < -0.39 is 6.04 Å². The molecule has 2 amide bonds. The van der Waals surface area contributed by atoms with Crippen molar-refractivity contribution in [3.63, 3.8) is 0 Å². The van der Waals surface area contributed by atoms with Crippen LogP contribution in [0.25, 0.3) is 0 Å². The van der Waals surface area contributed by atoms with Crippen LogP contribution in [0.5, 0.6) is 0 Å². The van der Waals surface area contributed by atoms with Gasteiger partial charge >= 0.3 is 0 Å². The molecule has 5 heteroatoms. The van der Waals surface area contributed by atoms with Crippen molar-refractivity contribution in [2.75, 3.05) is 13.1 Å². The Labute approximate surface area is 121 Å². The molecule has 5 nitrogen and oxygen atoms in total. The zero-order valence-corrected chi connectivity index (χ0v) is 12.4. The van der Waals surface area contributed by atoms with Gasteiger partial charge in [-0.05, 0) is 44.9 Å². The zero-order valence-electron chi connectivity index (χ0n) is 12.4. The number of rotatable bonds is 4. The number of nitrogens with two attached hydrogens (primary N) is 1. The Balaban J connectivity index is 1.74. The van der Waals surface area contributed by atoms with E-state index >= 15 is 0 Å². The molecule has 0 aromatic heterocycles. The molecule has 2 aliphatic rings. The van der Waals surface area contributed by atoms with E-state index in [-0.39, 0.29) is 17.9 Å². The van der Waals surface area contributed by atoms with Crippen LogP contribution in [-0.4, -0.2) is 41.9 Å². The third-order valence-electron chi connectivity index (χ3n) is 4.46. The first kappa shape index (κ1) is 15.3. The Hall–Kier alpha value is -1.10. The molecule has 114 valence electrons. The molecule has 1 aliphatic carbocycles. The first-order valence-corrected chi connectivity index (χ1v) is 7.90. The van der Waals surface area contributed by atoms with Gasteiger partial charge in [0.25, 0.3) is 0 Å². The van der Waals surface area contributed by atoms with Crippen molar-refractivity contribution in [2.45, 2.75) is 64.0 Å². The van der Waals surface area contributed by atoms with Crippen molar-refractivity contribution < 1.29 is 9.59 Å². The normalized spacial score (nSPS) is 28.2. The Morgan fingerprint density at radius 1 is 1.25 bits per heavy atom. The predicted molar refractivity (Wildman–Crippen MR) is 78.0 cm³/mol. The van der Waals surface area contributed by atoms with Crippen molar-refractivity contribution in [3.8, 4) is 0 Å². The minimum absolute atomic E-state index is 0.0100. The summed E-state index contributed by atoms with van der Waals surface area (Å²) in [6.07, 6.45) is 6.85. The molecular weight excluding hydrogens is 254 g/mol. The highest BCUT2D eigenvalue weighted by Crippen LogP contribution is 2.25. The molecule has 0 aromatic rings. The highest BCUT2D eigenvalue weighted by atomic mass is 16.2. The SMILES string of the molecule is CC(NC(=O)CC1CCCC(N)C1)C(=O)N1CCCC1. The lowest BCUT2D eigenvalue weighted by atomic mass is 9.84. The summed E-state index contributed by atoms with van der Waals surface area (Å²) in [5.41, 5.74) is 5.94. The number of hydrogen-bond acceptors (Lipinski definition) is 3. The standard InChI is InChI=1S/C15H27N3O2/c1-11(15(20)18-7-2-3-8-18)17-14(19)10-12-5-4-6-13(16)9-12/h11-13H,2-10,16H2,1H3,(H,17,19). The minimum Gasteiger partial charge on any atom is -0.345 e. The van der Waals surface area contributed by atoms with Crippen LogP contribution in [0.15, 0.2) is 0 Å². The van der Waals surface area contributed by atoms with Crippen LogP contribution in [-0.2, 0) is 9.59 Å². The van der Waals surface area contributed by atoms with Gasteiger partial charge in [0.1, 0.15) is 6.04 Å². The number of carbonyl (C=O) groups is 2. The van der Waals surface area contributed by atoms with E-state index in [0.29, 0.717) is 12.3 Å². The molecule has 2 fully saturated rings. The third-order valence-corrected chi connectivity index (χ3v) is 4.46. The van der Waals surface area contributed by atoms with E-state index in [2.05, 4.69) is 5.32 Å². The van der Waals surface area contributed by atoms with Gasteiger partial charge in [-0.3, -0.25) is 9.59 Å².